The van der Waals surface area contributed by atoms with Crippen molar-refractivity contribution < 1.29 is 41.8 Å². The molecule has 8 nitrogen and oxygen atoms in total. The zero-order chi connectivity index (χ0) is 29.6. The number of carboxylic acids is 1. The van der Waals surface area contributed by atoms with Crippen LogP contribution in [0.3, 0.4) is 0 Å². The van der Waals surface area contributed by atoms with Crippen molar-refractivity contribution in [1.29, 1.82) is 5.26 Å². The molecule has 3 heterocycles. The third-order valence-electron chi connectivity index (χ3n) is 9.50. The van der Waals surface area contributed by atoms with Crippen molar-refractivity contribution in [2.45, 2.75) is 83.0 Å². The summed E-state index contributed by atoms with van der Waals surface area (Å²) < 4.78 is 53.8. The summed E-state index contributed by atoms with van der Waals surface area (Å²) in [6.07, 6.45) is -4.62. The van der Waals surface area contributed by atoms with Gasteiger partial charge in [-0.25, -0.2) is 4.90 Å². The number of imide groups is 1. The van der Waals surface area contributed by atoms with Crippen LogP contribution in [0.4, 0.5) is 18.9 Å². The van der Waals surface area contributed by atoms with Crippen LogP contribution in [0.5, 0.6) is 0 Å². The number of alkyl halides is 3. The quantitative estimate of drug-likeness (QED) is 0.289. The zero-order valence-electron chi connectivity index (χ0n) is 23.0. The van der Waals surface area contributed by atoms with Crippen molar-refractivity contribution in [3.63, 3.8) is 0 Å². The first-order valence-corrected chi connectivity index (χ1v) is 15.7. The lowest BCUT2D eigenvalue weighted by Gasteiger charge is -2.42. The molecule has 1 aromatic rings. The Balaban J connectivity index is 1.82. The summed E-state index contributed by atoms with van der Waals surface area (Å²) in [6.45, 7) is 13.8. The van der Waals surface area contributed by atoms with Gasteiger partial charge in [0.2, 0.25) is 5.91 Å². The second-order valence-electron chi connectivity index (χ2n) is 12.6. The maximum atomic E-state index is 14.0. The number of hydrogen-bond acceptors (Lipinski definition) is 6. The summed E-state index contributed by atoms with van der Waals surface area (Å²) in [7, 11) is -2.22. The number of anilines is 1. The Morgan fingerprint density at radius 1 is 1.28 bits per heavy atom. The third kappa shape index (κ3) is 3.80. The smallest absolute Gasteiger partial charge is 0.417 e. The summed E-state index contributed by atoms with van der Waals surface area (Å²) in [5, 5.41) is 19.6. The molecule has 0 radical (unpaired) electrons. The number of rotatable bonds is 6. The highest BCUT2D eigenvalue weighted by atomic mass is 28.4. The molecule has 0 aliphatic carbocycles. The van der Waals surface area contributed by atoms with Crippen molar-refractivity contribution >= 4 is 31.8 Å². The summed E-state index contributed by atoms with van der Waals surface area (Å²) in [4.78, 5) is 41.5. The van der Waals surface area contributed by atoms with Gasteiger partial charge in [-0.05, 0) is 62.0 Å². The first-order valence-electron chi connectivity index (χ1n) is 12.8. The van der Waals surface area contributed by atoms with E-state index in [-0.39, 0.29) is 30.4 Å². The van der Waals surface area contributed by atoms with Gasteiger partial charge in [0, 0.05) is 6.61 Å². The van der Waals surface area contributed by atoms with Crippen LogP contribution in [-0.2, 0) is 29.7 Å². The summed E-state index contributed by atoms with van der Waals surface area (Å²) >= 11 is 0. The van der Waals surface area contributed by atoms with Crippen LogP contribution in [-0.4, -0.2) is 49.0 Å². The minimum Gasteiger partial charge on any atom is -0.480 e. The van der Waals surface area contributed by atoms with Gasteiger partial charge in [-0.1, -0.05) is 27.7 Å². The average Bonchev–Trinajstić information content (AvgIpc) is 3.30. The Labute approximate surface area is 226 Å². The number of halogens is 3. The van der Waals surface area contributed by atoms with E-state index in [1.54, 1.807) is 0 Å². The molecule has 12 heteroatoms. The summed E-state index contributed by atoms with van der Waals surface area (Å²) in [5.74, 6) is -5.41. The van der Waals surface area contributed by atoms with Crippen molar-refractivity contribution in [1.82, 2.24) is 0 Å². The number of nitrogens with zero attached hydrogens (tertiary/aromatic N) is 2. The van der Waals surface area contributed by atoms with Crippen LogP contribution < -0.4 is 4.90 Å². The van der Waals surface area contributed by atoms with E-state index in [0.29, 0.717) is 11.0 Å². The van der Waals surface area contributed by atoms with Crippen LogP contribution in [0.1, 0.15) is 58.6 Å². The molecule has 2 amide bonds. The van der Waals surface area contributed by atoms with E-state index in [4.69, 9.17) is 14.4 Å². The van der Waals surface area contributed by atoms with Gasteiger partial charge in [-0.2, -0.15) is 18.4 Å². The van der Waals surface area contributed by atoms with E-state index in [2.05, 4.69) is 33.9 Å². The number of nitriles is 1. The summed E-state index contributed by atoms with van der Waals surface area (Å²) in [6, 6.07) is 3.94. The molecule has 3 aliphatic heterocycles. The number of ether oxygens (including phenoxy) is 1. The highest BCUT2D eigenvalue weighted by molar-refractivity contribution is 6.74. The lowest BCUT2D eigenvalue weighted by molar-refractivity contribution is -0.166. The van der Waals surface area contributed by atoms with Gasteiger partial charge < -0.3 is 14.3 Å². The third-order valence-corrected chi connectivity index (χ3v) is 14.0. The average molecular weight is 567 g/mol. The maximum absolute atomic E-state index is 14.0. The Bertz CT molecular complexity index is 1300. The molecule has 4 rings (SSSR count). The fourth-order valence-electron chi connectivity index (χ4n) is 6.54. The monoisotopic (exact) mass is 566 g/mol. The molecular weight excluding hydrogens is 533 g/mol. The Morgan fingerprint density at radius 3 is 2.41 bits per heavy atom. The standard InChI is InChI=1S/C27H33F3N2O6Si/c1-15-13-24(5)26(22(35)36)19(25(15,38-24)10-11-37-39(6,7)23(2,3)4)20(33)32(21(26)34)17-9-8-16(14-31)18(12-17)27(28,29)30/h8-9,12,15,19H,10-11,13H2,1-7H3,(H,35,36)/t15-,19-,24+,25-,26+/m0/s1. The number of benzene rings is 1. The van der Waals surface area contributed by atoms with Gasteiger partial charge in [0.1, 0.15) is 0 Å². The number of carboxylic acid groups (broad SMARTS) is 1. The number of carbonyl (C=O) groups is 3. The van der Waals surface area contributed by atoms with Gasteiger partial charge in [-0.15, -0.1) is 0 Å². The normalized spacial score (nSPS) is 32.5. The molecule has 0 saturated carbocycles. The highest BCUT2D eigenvalue weighted by Gasteiger charge is 2.87. The maximum Gasteiger partial charge on any atom is 0.417 e. The van der Waals surface area contributed by atoms with Crippen LogP contribution in [0.25, 0.3) is 0 Å². The highest BCUT2D eigenvalue weighted by Crippen LogP contribution is 2.70. The topological polar surface area (TPSA) is 117 Å². The molecule has 39 heavy (non-hydrogen) atoms. The second-order valence-corrected chi connectivity index (χ2v) is 17.4. The summed E-state index contributed by atoms with van der Waals surface area (Å²) in [5.41, 5.74) is -7.69. The number of fused-ring (bicyclic) bond motifs is 5. The lowest BCUT2D eigenvalue weighted by Crippen LogP contribution is -2.59. The molecule has 0 unspecified atom stereocenters. The van der Waals surface area contributed by atoms with Gasteiger partial charge >= 0.3 is 12.1 Å². The van der Waals surface area contributed by atoms with E-state index < -0.39 is 71.6 Å². The van der Waals surface area contributed by atoms with E-state index in [0.717, 1.165) is 12.1 Å². The fourth-order valence-corrected chi connectivity index (χ4v) is 7.58. The SMILES string of the molecule is C[C@H]1C[C@@]2(C)O[C@]1(CCO[Si](C)(C)C(C)(C)C)[C@@H]1C(=O)N(c3ccc(C#N)c(C(F)(F)F)c3)C(=O)[C@@]12C(=O)O. The van der Waals surface area contributed by atoms with Gasteiger partial charge in [0.15, 0.2) is 13.7 Å². The zero-order valence-corrected chi connectivity index (χ0v) is 24.0. The largest absolute Gasteiger partial charge is 0.480 e. The van der Waals surface area contributed by atoms with Crippen molar-refractivity contribution in [2.75, 3.05) is 11.5 Å². The van der Waals surface area contributed by atoms with E-state index in [1.807, 2.05) is 6.92 Å². The van der Waals surface area contributed by atoms with E-state index in [9.17, 15) is 32.7 Å². The lowest BCUT2D eigenvalue weighted by atomic mass is 9.54. The molecule has 1 aromatic carbocycles. The predicted molar refractivity (Wildman–Crippen MR) is 136 cm³/mol. The van der Waals surface area contributed by atoms with Crippen LogP contribution >= 0.6 is 0 Å². The Morgan fingerprint density at radius 2 is 1.90 bits per heavy atom. The van der Waals surface area contributed by atoms with Gasteiger partial charge in [0.25, 0.3) is 5.91 Å². The fraction of sp³-hybridized carbons (Fsp3) is 0.630. The van der Waals surface area contributed by atoms with Crippen molar-refractivity contribution in [2.24, 2.45) is 17.3 Å². The Hall–Kier alpha value is -2.75. The first kappa shape index (κ1) is 29.2. The number of hydrogen-bond donors (Lipinski definition) is 1. The minimum absolute atomic E-state index is 0.108. The second kappa shape index (κ2) is 8.62. The number of carbonyl (C=O) groups excluding carboxylic acids is 2. The molecule has 0 aromatic heterocycles. The van der Waals surface area contributed by atoms with Gasteiger partial charge in [0.05, 0.1) is 40.0 Å². The van der Waals surface area contributed by atoms with E-state index in [1.165, 1.54) is 13.0 Å². The first-order chi connectivity index (χ1) is 17.7. The van der Waals surface area contributed by atoms with Gasteiger partial charge in [-0.3, -0.25) is 14.4 Å². The van der Waals surface area contributed by atoms with E-state index >= 15 is 0 Å². The molecule has 5 atom stereocenters. The van der Waals surface area contributed by atoms with Crippen LogP contribution in [0.15, 0.2) is 18.2 Å². The predicted octanol–water partition coefficient (Wildman–Crippen LogP) is 5.12. The number of aliphatic carboxylic acids is 1. The van der Waals surface area contributed by atoms with Crippen molar-refractivity contribution in [3.8, 4) is 6.07 Å². The Kier molecular flexibility index (Phi) is 6.46. The molecule has 212 valence electrons. The molecular formula is C27H33F3N2O6Si. The van der Waals surface area contributed by atoms with Crippen LogP contribution in [0, 0.1) is 28.6 Å². The van der Waals surface area contributed by atoms with Crippen LogP contribution in [0.2, 0.25) is 18.1 Å². The molecule has 3 aliphatic rings. The molecule has 1 N–H and O–H groups in total. The minimum atomic E-state index is -4.93. The molecule has 0 spiro atoms. The number of amides is 2. The van der Waals surface area contributed by atoms with Crippen molar-refractivity contribution in [3.05, 3.63) is 29.3 Å². The molecule has 3 saturated heterocycles. The molecule has 2 bridgehead atoms. The molecule has 3 fully saturated rings.